The Kier molecular flexibility index (Phi) is 4.40. The Balaban J connectivity index is 1.80. The number of carbonyl (C=O) groups excluding carboxylic acids is 1. The maximum atomic E-state index is 11.8. The van der Waals surface area contributed by atoms with Crippen molar-refractivity contribution in [2.45, 2.75) is 19.4 Å². The highest BCUT2D eigenvalue weighted by Crippen LogP contribution is 2.12. The van der Waals surface area contributed by atoms with Crippen molar-refractivity contribution < 1.29 is 4.79 Å². The number of amides is 1. The van der Waals surface area contributed by atoms with Crippen molar-refractivity contribution in [3.8, 4) is 6.07 Å². The molecule has 1 aromatic carbocycles. The fourth-order valence-electron chi connectivity index (χ4n) is 1.96. The molecule has 2 aromatic rings. The number of nitriles is 1. The monoisotopic (exact) mass is 268 g/mol. The lowest BCUT2D eigenvalue weighted by Crippen LogP contribution is -2.12. The van der Waals surface area contributed by atoms with Crippen molar-refractivity contribution in [2.75, 3.05) is 11.1 Å². The first-order valence-electron chi connectivity index (χ1n) is 6.39. The summed E-state index contributed by atoms with van der Waals surface area (Å²) in [5.74, 6) is -0.0544. The van der Waals surface area contributed by atoms with Gasteiger partial charge in [0.25, 0.3) is 0 Å². The molecule has 0 aliphatic carbocycles. The Labute approximate surface area is 117 Å². The largest absolute Gasteiger partial charge is 0.399 e. The number of carbonyl (C=O) groups is 1. The number of nitrogen functional groups attached to an aromatic ring is 1. The number of nitrogens with one attached hydrogen (secondary N) is 1. The highest BCUT2D eigenvalue weighted by molar-refractivity contribution is 5.91. The van der Waals surface area contributed by atoms with Gasteiger partial charge in [0.05, 0.1) is 0 Å². The molecule has 2 rings (SSSR count). The molecule has 3 N–H and O–H groups in total. The minimum absolute atomic E-state index is 0.0544. The zero-order valence-corrected chi connectivity index (χ0v) is 11.0. The fourth-order valence-corrected chi connectivity index (χ4v) is 1.96. The van der Waals surface area contributed by atoms with Crippen LogP contribution in [0.3, 0.4) is 0 Å². The molecule has 20 heavy (non-hydrogen) atoms. The number of nitrogens with zero attached hydrogens (tertiary/aromatic N) is 2. The first kappa shape index (κ1) is 13.7. The van der Waals surface area contributed by atoms with Crippen LogP contribution in [-0.4, -0.2) is 10.5 Å². The summed E-state index contributed by atoms with van der Waals surface area (Å²) >= 11 is 0. The van der Waals surface area contributed by atoms with Gasteiger partial charge in [-0.3, -0.25) is 4.79 Å². The normalized spacial score (nSPS) is 9.95. The lowest BCUT2D eigenvalue weighted by atomic mass is 10.2. The van der Waals surface area contributed by atoms with Gasteiger partial charge < -0.3 is 15.6 Å². The van der Waals surface area contributed by atoms with E-state index < -0.39 is 0 Å². The van der Waals surface area contributed by atoms with Crippen LogP contribution >= 0.6 is 0 Å². The number of benzene rings is 1. The van der Waals surface area contributed by atoms with Crippen LogP contribution in [0.1, 0.15) is 18.5 Å². The van der Waals surface area contributed by atoms with Gasteiger partial charge in [-0.2, -0.15) is 5.26 Å². The molecule has 1 heterocycles. The third kappa shape index (κ3) is 3.62. The summed E-state index contributed by atoms with van der Waals surface area (Å²) in [6.45, 7) is 0.653. The van der Waals surface area contributed by atoms with Gasteiger partial charge >= 0.3 is 0 Å². The van der Waals surface area contributed by atoms with Gasteiger partial charge in [-0.15, -0.1) is 0 Å². The SMILES string of the molecule is N#Cc1cccn1CCCC(=O)Nc1cccc(N)c1. The molecule has 0 aliphatic rings. The predicted molar refractivity (Wildman–Crippen MR) is 77.9 cm³/mol. The van der Waals surface area contributed by atoms with Crippen molar-refractivity contribution >= 4 is 17.3 Å². The molecule has 0 atom stereocenters. The maximum absolute atomic E-state index is 11.8. The van der Waals surface area contributed by atoms with Gasteiger partial charge in [-0.25, -0.2) is 0 Å². The van der Waals surface area contributed by atoms with E-state index in [4.69, 9.17) is 11.0 Å². The van der Waals surface area contributed by atoms with E-state index in [2.05, 4.69) is 11.4 Å². The lowest BCUT2D eigenvalue weighted by Gasteiger charge is -2.07. The van der Waals surface area contributed by atoms with Crippen LogP contribution < -0.4 is 11.1 Å². The highest BCUT2D eigenvalue weighted by atomic mass is 16.1. The molecular weight excluding hydrogens is 252 g/mol. The van der Waals surface area contributed by atoms with Crippen LogP contribution in [0.15, 0.2) is 42.6 Å². The maximum Gasteiger partial charge on any atom is 0.224 e. The third-order valence-corrected chi connectivity index (χ3v) is 2.92. The Morgan fingerprint density at radius 3 is 2.95 bits per heavy atom. The van der Waals surface area contributed by atoms with E-state index in [0.717, 1.165) is 0 Å². The van der Waals surface area contributed by atoms with Crippen LogP contribution in [-0.2, 0) is 11.3 Å². The van der Waals surface area contributed by atoms with E-state index in [0.29, 0.717) is 36.5 Å². The van der Waals surface area contributed by atoms with Crippen LogP contribution in [0.4, 0.5) is 11.4 Å². The predicted octanol–water partition coefficient (Wildman–Crippen LogP) is 2.36. The summed E-state index contributed by atoms with van der Waals surface area (Å²) in [5.41, 5.74) is 7.58. The van der Waals surface area contributed by atoms with E-state index in [1.165, 1.54) is 0 Å². The minimum Gasteiger partial charge on any atom is -0.399 e. The van der Waals surface area contributed by atoms with Crippen molar-refractivity contribution in [3.63, 3.8) is 0 Å². The third-order valence-electron chi connectivity index (χ3n) is 2.92. The molecule has 0 fully saturated rings. The Bertz CT molecular complexity index is 639. The number of aryl methyl sites for hydroxylation is 1. The molecule has 0 saturated heterocycles. The standard InChI is InChI=1S/C15H16N4O/c16-11-14-6-2-8-19(14)9-3-7-15(20)18-13-5-1-4-12(17)10-13/h1-2,4-6,8,10H,3,7,9,17H2,(H,18,20). The van der Waals surface area contributed by atoms with Crippen LogP contribution in [0.25, 0.3) is 0 Å². The molecule has 1 aromatic heterocycles. The first-order valence-corrected chi connectivity index (χ1v) is 6.39. The summed E-state index contributed by atoms with van der Waals surface area (Å²) < 4.78 is 1.84. The highest BCUT2D eigenvalue weighted by Gasteiger charge is 2.04. The number of rotatable bonds is 5. The van der Waals surface area contributed by atoms with Crippen molar-refractivity contribution in [2.24, 2.45) is 0 Å². The summed E-state index contributed by atoms with van der Waals surface area (Å²) in [4.78, 5) is 11.8. The van der Waals surface area contributed by atoms with Crippen LogP contribution in [0.5, 0.6) is 0 Å². The first-order chi connectivity index (χ1) is 9.69. The molecule has 1 amide bonds. The minimum atomic E-state index is -0.0544. The summed E-state index contributed by atoms with van der Waals surface area (Å²) in [6.07, 6.45) is 2.92. The Morgan fingerprint density at radius 1 is 1.35 bits per heavy atom. The van der Waals surface area contributed by atoms with Gasteiger partial charge in [0.15, 0.2) is 0 Å². The van der Waals surface area contributed by atoms with Crippen LogP contribution in [0, 0.1) is 11.3 Å². The number of nitrogens with two attached hydrogens (primary N) is 1. The molecule has 5 heteroatoms. The van der Waals surface area contributed by atoms with E-state index >= 15 is 0 Å². The quantitative estimate of drug-likeness (QED) is 0.816. The van der Waals surface area contributed by atoms with Gasteiger partial charge in [-0.05, 0) is 36.8 Å². The fraction of sp³-hybridized carbons (Fsp3) is 0.200. The van der Waals surface area contributed by atoms with Crippen molar-refractivity contribution in [1.29, 1.82) is 5.26 Å². The molecule has 0 bridgehead atoms. The molecule has 0 spiro atoms. The summed E-state index contributed by atoms with van der Waals surface area (Å²) in [7, 11) is 0. The number of hydrogen-bond donors (Lipinski definition) is 2. The van der Waals surface area contributed by atoms with Gasteiger partial charge in [0.2, 0.25) is 5.91 Å². The Morgan fingerprint density at radius 2 is 2.20 bits per heavy atom. The molecule has 5 nitrogen and oxygen atoms in total. The van der Waals surface area contributed by atoms with Gasteiger partial charge in [0.1, 0.15) is 11.8 Å². The molecule has 0 unspecified atom stereocenters. The molecular formula is C15H16N4O. The zero-order valence-electron chi connectivity index (χ0n) is 11.0. The van der Waals surface area contributed by atoms with Crippen molar-refractivity contribution in [3.05, 3.63) is 48.3 Å². The lowest BCUT2D eigenvalue weighted by molar-refractivity contribution is -0.116. The average Bonchev–Trinajstić information content (AvgIpc) is 2.86. The number of anilines is 2. The van der Waals surface area contributed by atoms with Crippen molar-refractivity contribution in [1.82, 2.24) is 4.57 Å². The van der Waals surface area contributed by atoms with E-state index in [-0.39, 0.29) is 5.91 Å². The second kappa shape index (κ2) is 6.43. The zero-order chi connectivity index (χ0) is 14.4. The number of hydrogen-bond acceptors (Lipinski definition) is 3. The molecule has 0 saturated carbocycles. The van der Waals surface area contributed by atoms with Gasteiger partial charge in [-0.1, -0.05) is 6.07 Å². The topological polar surface area (TPSA) is 83.8 Å². The van der Waals surface area contributed by atoms with E-state index in [9.17, 15) is 4.79 Å². The molecule has 0 aliphatic heterocycles. The Hall–Kier alpha value is -2.74. The molecule has 0 radical (unpaired) electrons. The second-order valence-corrected chi connectivity index (χ2v) is 4.48. The molecule has 102 valence electrons. The average molecular weight is 268 g/mol. The second-order valence-electron chi connectivity index (χ2n) is 4.48. The number of aromatic nitrogens is 1. The summed E-state index contributed by atoms with van der Waals surface area (Å²) in [5, 5.41) is 11.7. The van der Waals surface area contributed by atoms with Gasteiger partial charge in [0, 0.05) is 30.5 Å². The summed E-state index contributed by atoms with van der Waals surface area (Å²) in [6, 6.07) is 12.8. The smallest absolute Gasteiger partial charge is 0.224 e. The van der Waals surface area contributed by atoms with E-state index in [1.54, 1.807) is 30.3 Å². The van der Waals surface area contributed by atoms with Crippen LogP contribution in [0.2, 0.25) is 0 Å². The van der Waals surface area contributed by atoms with E-state index in [1.807, 2.05) is 16.8 Å².